The number of aliphatic imine (C=N–C) groups is 1. The monoisotopic (exact) mass is 319 g/mol. The van der Waals surface area contributed by atoms with Crippen LogP contribution in [0.2, 0.25) is 0 Å². The van der Waals surface area contributed by atoms with Gasteiger partial charge in [-0.25, -0.2) is 9.79 Å². The zero-order valence-corrected chi connectivity index (χ0v) is 14.5. The van der Waals surface area contributed by atoms with Gasteiger partial charge in [0.1, 0.15) is 0 Å². The summed E-state index contributed by atoms with van der Waals surface area (Å²) in [5.41, 5.74) is 5.71. The van der Waals surface area contributed by atoms with E-state index in [1.807, 2.05) is 44.2 Å². The van der Waals surface area contributed by atoms with Crippen LogP contribution in [0.3, 0.4) is 0 Å². The second-order valence-electron chi connectivity index (χ2n) is 6.46. The Morgan fingerprint density at radius 1 is 1.00 bits per heavy atom. The van der Waals surface area contributed by atoms with E-state index in [2.05, 4.69) is 31.0 Å². The molecule has 24 heavy (non-hydrogen) atoms. The van der Waals surface area contributed by atoms with Crippen molar-refractivity contribution in [3.8, 4) is 0 Å². The van der Waals surface area contributed by atoms with Gasteiger partial charge in [0.15, 0.2) is 5.70 Å². The Morgan fingerprint density at radius 2 is 1.71 bits per heavy atom. The topological polar surface area (TPSA) is 38.7 Å². The van der Waals surface area contributed by atoms with Gasteiger partial charge in [0.2, 0.25) is 5.90 Å². The number of cyclic esters (lactones) is 1. The molecule has 0 atom stereocenters. The van der Waals surface area contributed by atoms with Gasteiger partial charge in [-0.3, -0.25) is 0 Å². The molecule has 0 aliphatic carbocycles. The molecule has 3 heteroatoms. The van der Waals surface area contributed by atoms with Gasteiger partial charge < -0.3 is 4.74 Å². The molecule has 2 aromatic rings. The number of rotatable bonds is 3. The summed E-state index contributed by atoms with van der Waals surface area (Å²) < 4.78 is 5.33. The average Bonchev–Trinajstić information content (AvgIpc) is 2.91. The van der Waals surface area contributed by atoms with E-state index in [1.165, 1.54) is 11.1 Å². The van der Waals surface area contributed by atoms with Gasteiger partial charge in [-0.2, -0.15) is 0 Å². The summed E-state index contributed by atoms with van der Waals surface area (Å²) in [7, 11) is 0. The fraction of sp³-hybridized carbons (Fsp3) is 0.238. The van der Waals surface area contributed by atoms with Gasteiger partial charge in [-0.15, -0.1) is 0 Å². The molecule has 0 bridgehead atoms. The van der Waals surface area contributed by atoms with Crippen LogP contribution in [0.15, 0.2) is 53.2 Å². The van der Waals surface area contributed by atoms with E-state index in [4.69, 9.17) is 4.74 Å². The molecule has 0 spiro atoms. The van der Waals surface area contributed by atoms with Gasteiger partial charge in [0.05, 0.1) is 0 Å². The third kappa shape index (κ3) is 3.30. The standard InChI is InChI=1S/C21H21NO2/c1-13(2)17-9-6-16(7-10-17)12-19-21(23)24-20(22-19)18-8-5-14(3)15(4)11-18/h5-13H,1-4H3/b19-12+. The molecular weight excluding hydrogens is 298 g/mol. The molecule has 1 aliphatic heterocycles. The lowest BCUT2D eigenvalue weighted by Crippen LogP contribution is -2.05. The predicted molar refractivity (Wildman–Crippen MR) is 97.1 cm³/mol. The summed E-state index contributed by atoms with van der Waals surface area (Å²) in [6.07, 6.45) is 1.76. The Labute approximate surface area is 142 Å². The summed E-state index contributed by atoms with van der Waals surface area (Å²) in [5.74, 6) is 0.446. The van der Waals surface area contributed by atoms with Gasteiger partial charge in [-0.1, -0.05) is 44.2 Å². The lowest BCUT2D eigenvalue weighted by molar-refractivity contribution is -0.129. The molecule has 0 N–H and O–H groups in total. The molecule has 1 aliphatic rings. The van der Waals surface area contributed by atoms with Gasteiger partial charge >= 0.3 is 5.97 Å². The first-order valence-corrected chi connectivity index (χ1v) is 8.14. The molecule has 122 valence electrons. The fourth-order valence-electron chi connectivity index (χ4n) is 2.54. The van der Waals surface area contributed by atoms with Crippen LogP contribution in [0.1, 0.15) is 47.6 Å². The van der Waals surface area contributed by atoms with E-state index in [9.17, 15) is 4.79 Å². The molecule has 0 saturated carbocycles. The van der Waals surface area contributed by atoms with Crippen molar-refractivity contribution in [1.82, 2.24) is 0 Å². The first-order valence-electron chi connectivity index (χ1n) is 8.14. The summed E-state index contributed by atoms with van der Waals surface area (Å²) in [6, 6.07) is 14.1. The van der Waals surface area contributed by atoms with Gasteiger partial charge in [0, 0.05) is 5.56 Å². The molecule has 0 unspecified atom stereocenters. The number of benzene rings is 2. The second kappa shape index (κ2) is 6.44. The molecule has 0 aromatic heterocycles. The van der Waals surface area contributed by atoms with E-state index in [0.29, 0.717) is 17.5 Å². The largest absolute Gasteiger partial charge is 0.402 e. The molecule has 1 heterocycles. The Morgan fingerprint density at radius 3 is 2.33 bits per heavy atom. The summed E-state index contributed by atoms with van der Waals surface area (Å²) in [4.78, 5) is 16.5. The first kappa shape index (κ1) is 16.2. The summed E-state index contributed by atoms with van der Waals surface area (Å²) in [5, 5.41) is 0. The third-order valence-corrected chi connectivity index (χ3v) is 4.28. The van der Waals surface area contributed by atoms with Crippen LogP contribution < -0.4 is 0 Å². The molecule has 2 aromatic carbocycles. The van der Waals surface area contributed by atoms with Crippen molar-refractivity contribution in [3.63, 3.8) is 0 Å². The molecule has 3 rings (SSSR count). The number of hydrogen-bond donors (Lipinski definition) is 0. The maximum Gasteiger partial charge on any atom is 0.363 e. The predicted octanol–water partition coefficient (Wildman–Crippen LogP) is 4.77. The van der Waals surface area contributed by atoms with E-state index < -0.39 is 5.97 Å². The molecule has 0 radical (unpaired) electrons. The van der Waals surface area contributed by atoms with Crippen molar-refractivity contribution in [1.29, 1.82) is 0 Å². The van der Waals surface area contributed by atoms with Gasteiger partial charge in [0.25, 0.3) is 0 Å². The SMILES string of the molecule is Cc1ccc(C2=N/C(=C/c3ccc(C(C)C)cc3)C(=O)O2)cc1C. The smallest absolute Gasteiger partial charge is 0.363 e. The summed E-state index contributed by atoms with van der Waals surface area (Å²) in [6.45, 7) is 8.39. The molecule has 0 amide bonds. The lowest BCUT2D eigenvalue weighted by atomic mass is 10.0. The van der Waals surface area contributed by atoms with Crippen LogP contribution in [-0.4, -0.2) is 11.9 Å². The lowest BCUT2D eigenvalue weighted by Gasteiger charge is -2.04. The quantitative estimate of drug-likeness (QED) is 0.603. The highest BCUT2D eigenvalue weighted by Crippen LogP contribution is 2.22. The minimum absolute atomic E-state index is 0.334. The van der Waals surface area contributed by atoms with Crippen molar-refractivity contribution in [2.24, 2.45) is 4.99 Å². The second-order valence-corrected chi connectivity index (χ2v) is 6.46. The maximum absolute atomic E-state index is 12.1. The van der Waals surface area contributed by atoms with E-state index in [-0.39, 0.29) is 0 Å². The summed E-state index contributed by atoms with van der Waals surface area (Å²) >= 11 is 0. The molecule has 3 nitrogen and oxygen atoms in total. The molecular formula is C21H21NO2. The number of hydrogen-bond acceptors (Lipinski definition) is 3. The normalized spacial score (nSPS) is 15.8. The van der Waals surface area contributed by atoms with Crippen LogP contribution in [0, 0.1) is 13.8 Å². The van der Waals surface area contributed by atoms with Crippen LogP contribution in [0.25, 0.3) is 6.08 Å². The highest BCUT2D eigenvalue weighted by atomic mass is 16.6. The fourth-order valence-corrected chi connectivity index (χ4v) is 2.54. The zero-order chi connectivity index (χ0) is 17.3. The molecule has 0 saturated heterocycles. The maximum atomic E-state index is 12.1. The number of ether oxygens (including phenoxy) is 1. The minimum Gasteiger partial charge on any atom is -0.402 e. The Balaban J connectivity index is 1.89. The Bertz CT molecular complexity index is 843. The number of carbonyl (C=O) groups excluding carboxylic acids is 1. The van der Waals surface area contributed by atoms with Crippen molar-refractivity contribution < 1.29 is 9.53 Å². The van der Waals surface area contributed by atoms with Gasteiger partial charge in [-0.05, 0) is 60.2 Å². The van der Waals surface area contributed by atoms with Crippen LogP contribution in [0.4, 0.5) is 0 Å². The van der Waals surface area contributed by atoms with Crippen LogP contribution in [-0.2, 0) is 9.53 Å². The Hall–Kier alpha value is -2.68. The van der Waals surface area contributed by atoms with Crippen molar-refractivity contribution in [2.75, 3.05) is 0 Å². The zero-order valence-electron chi connectivity index (χ0n) is 14.5. The third-order valence-electron chi connectivity index (χ3n) is 4.28. The molecule has 0 fully saturated rings. The van der Waals surface area contributed by atoms with Crippen LogP contribution >= 0.6 is 0 Å². The van der Waals surface area contributed by atoms with E-state index in [0.717, 1.165) is 16.7 Å². The highest BCUT2D eigenvalue weighted by molar-refractivity contribution is 6.12. The number of esters is 1. The minimum atomic E-state index is -0.406. The average molecular weight is 319 g/mol. The number of aryl methyl sites for hydroxylation is 2. The van der Waals surface area contributed by atoms with E-state index >= 15 is 0 Å². The first-order chi connectivity index (χ1) is 11.4. The Kier molecular flexibility index (Phi) is 4.34. The van der Waals surface area contributed by atoms with Crippen molar-refractivity contribution in [2.45, 2.75) is 33.6 Å². The number of nitrogens with zero attached hydrogens (tertiary/aromatic N) is 1. The van der Waals surface area contributed by atoms with E-state index in [1.54, 1.807) is 6.08 Å². The highest BCUT2D eigenvalue weighted by Gasteiger charge is 2.24. The number of carbonyl (C=O) groups is 1. The van der Waals surface area contributed by atoms with Crippen molar-refractivity contribution >= 4 is 17.9 Å². The van der Waals surface area contributed by atoms with Crippen molar-refractivity contribution in [3.05, 3.63) is 76.0 Å². The van der Waals surface area contributed by atoms with Crippen LogP contribution in [0.5, 0.6) is 0 Å².